The van der Waals surface area contributed by atoms with Crippen LogP contribution in [0.15, 0.2) is 72.8 Å². The Kier molecular flexibility index (Phi) is 5.39. The molecule has 46 heavy (non-hydrogen) atoms. The molecule has 3 aliphatic heterocycles. The number of rotatable bonds is 4. The molecule has 5 heterocycles. The molecule has 4 atom stereocenters. The van der Waals surface area contributed by atoms with Gasteiger partial charge in [-0.3, -0.25) is 19.7 Å². The van der Waals surface area contributed by atoms with Crippen molar-refractivity contribution in [2.24, 2.45) is 0 Å². The van der Waals surface area contributed by atoms with Gasteiger partial charge >= 0.3 is 0 Å². The summed E-state index contributed by atoms with van der Waals surface area (Å²) in [6.45, 7) is 2.43. The van der Waals surface area contributed by atoms with Gasteiger partial charge in [-0.1, -0.05) is 42.5 Å². The highest BCUT2D eigenvalue weighted by molar-refractivity contribution is 6.31. The molecule has 11 nitrogen and oxygen atoms in total. The number of fused-ring (bicyclic) bond motifs is 13. The summed E-state index contributed by atoms with van der Waals surface area (Å²) in [5.41, 5.74) is 4.38. The van der Waals surface area contributed by atoms with E-state index in [2.05, 4.69) is 38.7 Å². The molecule has 0 saturated carbocycles. The topological polar surface area (TPSA) is 121 Å². The third-order valence-corrected chi connectivity index (χ3v) is 10.3. The fourth-order valence-electron chi connectivity index (χ4n) is 8.50. The van der Waals surface area contributed by atoms with Crippen LogP contribution in [0.25, 0.3) is 43.6 Å². The van der Waals surface area contributed by atoms with Crippen LogP contribution in [0.2, 0.25) is 0 Å². The number of non-ortho nitro benzene ring substituents is 1. The number of nitrogens with zero attached hydrogens (tertiary/aromatic N) is 4. The van der Waals surface area contributed by atoms with Crippen molar-refractivity contribution >= 4 is 61.1 Å². The standard InChI is InChI=1S/C35H29N5O6/c1-35-32(45-3)25(37(2)34(42)18-9-8-10-19(15-18)40(43)44)16-26(46-35)38-23-13-6-4-11-20(23)28-29-22(17-36-33(29)41)27-21-12-5-7-14-24(21)39(35)31(27)30(28)38/h4-15,25-26,32H,16-17H2,1-3H3,(H,36,41)/t25?,26-,32?,35+/m0/s1. The molecule has 230 valence electrons. The fourth-order valence-corrected chi connectivity index (χ4v) is 8.50. The van der Waals surface area contributed by atoms with E-state index >= 15 is 0 Å². The van der Waals surface area contributed by atoms with Gasteiger partial charge in [0.05, 0.1) is 38.6 Å². The first-order valence-electron chi connectivity index (χ1n) is 15.3. The minimum Gasteiger partial charge on any atom is -0.374 e. The summed E-state index contributed by atoms with van der Waals surface area (Å²) in [7, 11) is 3.35. The van der Waals surface area contributed by atoms with E-state index in [4.69, 9.17) is 9.47 Å². The highest BCUT2D eigenvalue weighted by Crippen LogP contribution is 2.54. The van der Waals surface area contributed by atoms with Crippen LogP contribution in [-0.4, -0.2) is 57.1 Å². The average Bonchev–Trinajstić information content (AvgIpc) is 3.71. The molecule has 0 radical (unpaired) electrons. The summed E-state index contributed by atoms with van der Waals surface area (Å²) in [6.07, 6.45) is -0.782. The molecule has 1 fully saturated rings. The van der Waals surface area contributed by atoms with Crippen LogP contribution in [-0.2, 0) is 21.7 Å². The monoisotopic (exact) mass is 615 g/mol. The predicted octanol–water partition coefficient (Wildman–Crippen LogP) is 5.82. The lowest BCUT2D eigenvalue weighted by Crippen LogP contribution is -2.61. The lowest BCUT2D eigenvalue weighted by atomic mass is 9.91. The van der Waals surface area contributed by atoms with Crippen molar-refractivity contribution in [1.29, 1.82) is 0 Å². The molecule has 1 saturated heterocycles. The Labute approximate surface area is 262 Å². The van der Waals surface area contributed by atoms with Crippen molar-refractivity contribution in [3.05, 3.63) is 99.6 Å². The molecule has 2 amide bonds. The first-order valence-corrected chi connectivity index (χ1v) is 15.3. The number of likely N-dealkylation sites (N-methyl/N-ethyl adjacent to an activating group) is 1. The zero-order valence-electron chi connectivity index (χ0n) is 25.3. The Hall–Kier alpha value is -5.26. The molecule has 2 unspecified atom stereocenters. The lowest BCUT2D eigenvalue weighted by molar-refractivity contribution is -0.384. The molecule has 2 aromatic heterocycles. The minimum absolute atomic E-state index is 0.0917. The highest BCUT2D eigenvalue weighted by Gasteiger charge is 2.55. The van der Waals surface area contributed by atoms with E-state index in [0.29, 0.717) is 18.5 Å². The summed E-state index contributed by atoms with van der Waals surface area (Å²) in [5.74, 6) is -0.443. The fraction of sp³-hybridized carbons (Fsp3) is 0.257. The Morgan fingerprint density at radius 3 is 2.50 bits per heavy atom. The number of nitro groups is 1. The third-order valence-electron chi connectivity index (χ3n) is 10.3. The summed E-state index contributed by atoms with van der Waals surface area (Å²) < 4.78 is 17.9. The van der Waals surface area contributed by atoms with Gasteiger partial charge in [0, 0.05) is 66.4 Å². The number of amides is 2. The maximum Gasteiger partial charge on any atom is 0.270 e. The number of hydrogen-bond acceptors (Lipinski definition) is 6. The van der Waals surface area contributed by atoms with Crippen molar-refractivity contribution in [3.8, 4) is 0 Å². The second-order valence-electron chi connectivity index (χ2n) is 12.5. The summed E-state index contributed by atoms with van der Waals surface area (Å²) in [4.78, 5) is 40.3. The van der Waals surface area contributed by atoms with Crippen molar-refractivity contribution in [1.82, 2.24) is 19.4 Å². The van der Waals surface area contributed by atoms with Gasteiger partial charge in [-0.2, -0.15) is 0 Å². The van der Waals surface area contributed by atoms with E-state index in [1.165, 1.54) is 18.2 Å². The van der Waals surface area contributed by atoms with Crippen molar-refractivity contribution < 1.29 is 24.0 Å². The number of methoxy groups -OCH3 is 1. The predicted molar refractivity (Wildman–Crippen MR) is 172 cm³/mol. The van der Waals surface area contributed by atoms with E-state index in [1.807, 2.05) is 31.2 Å². The number of carbonyl (C=O) groups is 2. The Morgan fingerprint density at radius 2 is 1.76 bits per heavy atom. The molecule has 11 heteroatoms. The van der Waals surface area contributed by atoms with Crippen LogP contribution >= 0.6 is 0 Å². The SMILES string of the molecule is COC1C(N(C)C(=O)c2cccc([N+](=O)[O-])c2)C[C@@H]2O[C@@]1(C)n1c3ccccc3c3c4c(c5c6ccccc6n2c5c31)C(=O)NC4. The normalized spacial score (nSPS) is 23.3. The minimum atomic E-state index is -1.10. The molecule has 1 N–H and O–H groups in total. The molecule has 4 aromatic carbocycles. The van der Waals surface area contributed by atoms with Crippen LogP contribution in [0, 0.1) is 10.1 Å². The first-order chi connectivity index (χ1) is 22.2. The Morgan fingerprint density at radius 1 is 1.04 bits per heavy atom. The zero-order valence-corrected chi connectivity index (χ0v) is 25.3. The van der Waals surface area contributed by atoms with E-state index in [-0.39, 0.29) is 23.1 Å². The zero-order chi connectivity index (χ0) is 31.6. The largest absolute Gasteiger partial charge is 0.374 e. The van der Waals surface area contributed by atoms with E-state index < -0.39 is 29.0 Å². The van der Waals surface area contributed by atoms with Gasteiger partial charge in [-0.25, -0.2) is 0 Å². The number of nitrogens with one attached hydrogen (secondary N) is 1. The van der Waals surface area contributed by atoms with Gasteiger partial charge < -0.3 is 28.8 Å². The molecular formula is C35H29N5O6. The van der Waals surface area contributed by atoms with Gasteiger partial charge in [-0.15, -0.1) is 0 Å². The van der Waals surface area contributed by atoms with Crippen molar-refractivity contribution in [2.45, 2.75) is 44.0 Å². The van der Waals surface area contributed by atoms with E-state index in [1.54, 1.807) is 25.1 Å². The number of hydrogen-bond donors (Lipinski definition) is 1. The number of benzene rings is 4. The Balaban J connectivity index is 1.36. The average molecular weight is 616 g/mol. The van der Waals surface area contributed by atoms with Crippen molar-refractivity contribution in [2.75, 3.05) is 14.2 Å². The number of aromatic nitrogens is 2. The summed E-state index contributed by atoms with van der Waals surface area (Å²) >= 11 is 0. The number of para-hydroxylation sites is 2. The van der Waals surface area contributed by atoms with Crippen LogP contribution in [0.1, 0.15) is 45.9 Å². The quantitative estimate of drug-likeness (QED) is 0.197. The van der Waals surface area contributed by atoms with Gasteiger partial charge in [0.2, 0.25) is 0 Å². The molecule has 0 aliphatic carbocycles. The maximum absolute atomic E-state index is 14.0. The second kappa shape index (κ2) is 9.15. The van der Waals surface area contributed by atoms with Crippen LogP contribution in [0.5, 0.6) is 0 Å². The van der Waals surface area contributed by atoms with Gasteiger partial charge in [-0.05, 0) is 30.7 Å². The van der Waals surface area contributed by atoms with E-state index in [9.17, 15) is 19.7 Å². The number of carbonyl (C=O) groups excluding carboxylic acids is 2. The Bertz CT molecular complexity index is 2360. The van der Waals surface area contributed by atoms with Gasteiger partial charge in [0.25, 0.3) is 17.5 Å². The summed E-state index contributed by atoms with van der Waals surface area (Å²) in [5, 5.41) is 18.5. The maximum atomic E-state index is 14.0. The van der Waals surface area contributed by atoms with Crippen LogP contribution in [0.4, 0.5) is 5.69 Å². The summed E-state index contributed by atoms with van der Waals surface area (Å²) in [6, 6.07) is 21.5. The van der Waals surface area contributed by atoms with E-state index in [0.717, 1.165) is 49.2 Å². The smallest absolute Gasteiger partial charge is 0.270 e. The number of ether oxygens (including phenoxy) is 2. The highest BCUT2D eigenvalue weighted by atomic mass is 16.6. The molecule has 9 rings (SSSR count). The molecule has 6 aromatic rings. The first kappa shape index (κ1) is 27.1. The van der Waals surface area contributed by atoms with Crippen molar-refractivity contribution in [3.63, 3.8) is 0 Å². The number of nitro benzene ring substituents is 1. The van der Waals surface area contributed by atoms with Crippen LogP contribution < -0.4 is 5.32 Å². The second-order valence-corrected chi connectivity index (χ2v) is 12.5. The van der Waals surface area contributed by atoms with Gasteiger partial charge in [0.15, 0.2) is 5.72 Å². The van der Waals surface area contributed by atoms with Gasteiger partial charge in [0.1, 0.15) is 12.3 Å². The molecule has 0 spiro atoms. The third kappa shape index (κ3) is 3.23. The van der Waals surface area contributed by atoms with Crippen LogP contribution in [0.3, 0.4) is 0 Å². The lowest BCUT2D eigenvalue weighted by Gasteiger charge is -2.50. The molecular weight excluding hydrogens is 586 g/mol. The molecule has 2 bridgehead atoms. The molecule has 3 aliphatic rings.